The van der Waals surface area contributed by atoms with Gasteiger partial charge < -0.3 is 10.6 Å². The molecule has 1 aliphatic heterocycles. The minimum absolute atomic E-state index is 0.194. The number of hydrogen-bond donors (Lipinski definition) is 1. The monoisotopic (exact) mass is 264 g/mol. The maximum absolute atomic E-state index is 13.1. The van der Waals surface area contributed by atoms with Crippen molar-refractivity contribution in [3.63, 3.8) is 0 Å². The van der Waals surface area contributed by atoms with Crippen molar-refractivity contribution in [2.45, 2.75) is 44.6 Å². The lowest BCUT2D eigenvalue weighted by Gasteiger charge is -2.37. The van der Waals surface area contributed by atoms with Gasteiger partial charge in [-0.05, 0) is 50.0 Å². The molecule has 0 aliphatic carbocycles. The lowest BCUT2D eigenvalue weighted by molar-refractivity contribution is 0.171. The van der Waals surface area contributed by atoms with Gasteiger partial charge in [-0.2, -0.15) is 0 Å². The molecule has 0 bridgehead atoms. The Morgan fingerprint density at radius 3 is 2.37 bits per heavy atom. The highest BCUT2D eigenvalue weighted by Gasteiger charge is 2.29. The van der Waals surface area contributed by atoms with Gasteiger partial charge >= 0.3 is 0 Å². The zero-order valence-electron chi connectivity index (χ0n) is 11.9. The summed E-state index contributed by atoms with van der Waals surface area (Å²) in [7, 11) is 0. The first-order valence-corrected chi connectivity index (χ1v) is 7.41. The van der Waals surface area contributed by atoms with E-state index in [2.05, 4.69) is 11.8 Å². The van der Waals surface area contributed by atoms with E-state index in [1.807, 2.05) is 12.1 Å². The Morgan fingerprint density at radius 2 is 1.79 bits per heavy atom. The SMILES string of the molecule is CCCC(N)(CN1CCCCC1)c1ccc(F)cc1. The van der Waals surface area contributed by atoms with Gasteiger partial charge in [-0.3, -0.25) is 0 Å². The summed E-state index contributed by atoms with van der Waals surface area (Å²) in [5, 5.41) is 0. The molecule has 106 valence electrons. The summed E-state index contributed by atoms with van der Waals surface area (Å²) in [5.74, 6) is -0.194. The van der Waals surface area contributed by atoms with Crippen LogP contribution in [0.2, 0.25) is 0 Å². The van der Waals surface area contributed by atoms with E-state index in [1.165, 1.54) is 31.4 Å². The highest BCUT2D eigenvalue weighted by molar-refractivity contribution is 5.25. The second-order valence-corrected chi connectivity index (χ2v) is 5.75. The fourth-order valence-corrected chi connectivity index (χ4v) is 3.06. The Balaban J connectivity index is 2.13. The van der Waals surface area contributed by atoms with Crippen molar-refractivity contribution in [1.82, 2.24) is 4.90 Å². The van der Waals surface area contributed by atoms with Crippen molar-refractivity contribution in [3.05, 3.63) is 35.6 Å². The third kappa shape index (κ3) is 3.77. The quantitative estimate of drug-likeness (QED) is 0.884. The van der Waals surface area contributed by atoms with E-state index in [1.54, 1.807) is 0 Å². The molecule has 1 atom stereocenters. The summed E-state index contributed by atoms with van der Waals surface area (Å²) in [6.07, 6.45) is 5.85. The van der Waals surface area contributed by atoms with Crippen LogP contribution >= 0.6 is 0 Å². The van der Waals surface area contributed by atoms with Crippen LogP contribution in [0.4, 0.5) is 4.39 Å². The van der Waals surface area contributed by atoms with Crippen LogP contribution in [0.15, 0.2) is 24.3 Å². The van der Waals surface area contributed by atoms with E-state index >= 15 is 0 Å². The number of halogens is 1. The van der Waals surface area contributed by atoms with Crippen LogP contribution < -0.4 is 5.73 Å². The summed E-state index contributed by atoms with van der Waals surface area (Å²) in [6.45, 7) is 5.32. The standard InChI is InChI=1S/C16H25FN2/c1-2-10-16(18,13-19-11-4-3-5-12-19)14-6-8-15(17)9-7-14/h6-9H,2-5,10-13,18H2,1H3. The molecule has 0 amide bonds. The maximum Gasteiger partial charge on any atom is 0.123 e. The van der Waals surface area contributed by atoms with Crippen molar-refractivity contribution in [3.8, 4) is 0 Å². The molecule has 2 N–H and O–H groups in total. The molecule has 3 heteroatoms. The van der Waals surface area contributed by atoms with Crippen LogP contribution in [0.1, 0.15) is 44.6 Å². The molecule has 1 fully saturated rings. The lowest BCUT2D eigenvalue weighted by Crippen LogP contribution is -2.49. The van der Waals surface area contributed by atoms with Gasteiger partial charge in [-0.1, -0.05) is 31.9 Å². The van der Waals surface area contributed by atoms with E-state index < -0.39 is 0 Å². The van der Waals surface area contributed by atoms with Crippen LogP contribution in [-0.4, -0.2) is 24.5 Å². The normalized spacial score (nSPS) is 20.2. The Kier molecular flexibility index (Phi) is 4.94. The zero-order chi connectivity index (χ0) is 13.7. The zero-order valence-corrected chi connectivity index (χ0v) is 11.9. The second-order valence-electron chi connectivity index (χ2n) is 5.75. The molecular weight excluding hydrogens is 239 g/mol. The molecule has 1 unspecified atom stereocenters. The molecule has 1 aromatic carbocycles. The van der Waals surface area contributed by atoms with Crippen LogP contribution in [0.3, 0.4) is 0 Å². The number of likely N-dealkylation sites (tertiary alicyclic amines) is 1. The number of rotatable bonds is 5. The summed E-state index contributed by atoms with van der Waals surface area (Å²) >= 11 is 0. The molecule has 0 saturated carbocycles. The molecule has 0 aromatic heterocycles. The first kappa shape index (κ1) is 14.5. The summed E-state index contributed by atoms with van der Waals surface area (Å²) in [6, 6.07) is 6.72. The van der Waals surface area contributed by atoms with Gasteiger partial charge in [0.05, 0.1) is 5.54 Å². The largest absolute Gasteiger partial charge is 0.320 e. The molecule has 19 heavy (non-hydrogen) atoms. The van der Waals surface area contributed by atoms with Gasteiger partial charge in [0, 0.05) is 6.54 Å². The Bertz CT molecular complexity index is 384. The minimum atomic E-state index is -0.347. The van der Waals surface area contributed by atoms with Crippen LogP contribution in [0.25, 0.3) is 0 Å². The number of piperidine rings is 1. The van der Waals surface area contributed by atoms with Gasteiger partial charge in [0.25, 0.3) is 0 Å². The van der Waals surface area contributed by atoms with Crippen LogP contribution in [0, 0.1) is 5.82 Å². The predicted octanol–water partition coefficient (Wildman–Crippen LogP) is 3.27. The molecule has 1 aromatic rings. The van der Waals surface area contributed by atoms with Crippen molar-refractivity contribution in [2.75, 3.05) is 19.6 Å². The Labute approximate surface area is 115 Å². The first-order chi connectivity index (χ1) is 9.14. The predicted molar refractivity (Wildman–Crippen MR) is 77.5 cm³/mol. The van der Waals surface area contributed by atoms with E-state index in [0.717, 1.165) is 38.0 Å². The summed E-state index contributed by atoms with van der Waals surface area (Å²) < 4.78 is 13.1. The van der Waals surface area contributed by atoms with Crippen molar-refractivity contribution < 1.29 is 4.39 Å². The van der Waals surface area contributed by atoms with Crippen LogP contribution in [-0.2, 0) is 5.54 Å². The maximum atomic E-state index is 13.1. The Hall–Kier alpha value is -0.930. The molecular formula is C16H25FN2. The van der Waals surface area contributed by atoms with Gasteiger partial charge in [0.2, 0.25) is 0 Å². The fourth-order valence-electron chi connectivity index (χ4n) is 3.06. The number of nitrogens with zero attached hydrogens (tertiary/aromatic N) is 1. The molecule has 1 saturated heterocycles. The Morgan fingerprint density at radius 1 is 1.16 bits per heavy atom. The van der Waals surface area contributed by atoms with Gasteiger partial charge in [0.15, 0.2) is 0 Å². The lowest BCUT2D eigenvalue weighted by atomic mass is 9.85. The molecule has 1 aliphatic rings. The number of hydrogen-bond acceptors (Lipinski definition) is 2. The average Bonchev–Trinajstić information content (AvgIpc) is 2.40. The average molecular weight is 264 g/mol. The van der Waals surface area contributed by atoms with Crippen molar-refractivity contribution in [2.24, 2.45) is 5.73 Å². The van der Waals surface area contributed by atoms with Crippen molar-refractivity contribution in [1.29, 1.82) is 0 Å². The topological polar surface area (TPSA) is 29.3 Å². The molecule has 2 nitrogen and oxygen atoms in total. The van der Waals surface area contributed by atoms with Crippen molar-refractivity contribution >= 4 is 0 Å². The minimum Gasteiger partial charge on any atom is -0.320 e. The third-order valence-electron chi connectivity index (χ3n) is 4.07. The molecule has 0 spiro atoms. The number of nitrogens with two attached hydrogens (primary N) is 1. The summed E-state index contributed by atoms with van der Waals surface area (Å²) in [5.41, 5.74) is 7.36. The highest BCUT2D eigenvalue weighted by Crippen LogP contribution is 2.26. The smallest absolute Gasteiger partial charge is 0.123 e. The van der Waals surface area contributed by atoms with E-state index in [-0.39, 0.29) is 11.4 Å². The molecule has 1 heterocycles. The van der Waals surface area contributed by atoms with Gasteiger partial charge in [0.1, 0.15) is 5.82 Å². The van der Waals surface area contributed by atoms with Gasteiger partial charge in [-0.15, -0.1) is 0 Å². The van der Waals surface area contributed by atoms with Gasteiger partial charge in [-0.25, -0.2) is 4.39 Å². The van der Waals surface area contributed by atoms with E-state index in [9.17, 15) is 4.39 Å². The molecule has 0 radical (unpaired) electrons. The summed E-state index contributed by atoms with van der Waals surface area (Å²) in [4.78, 5) is 2.46. The first-order valence-electron chi connectivity index (χ1n) is 7.41. The van der Waals surface area contributed by atoms with Crippen LogP contribution in [0.5, 0.6) is 0 Å². The highest BCUT2D eigenvalue weighted by atomic mass is 19.1. The third-order valence-corrected chi connectivity index (χ3v) is 4.07. The van der Waals surface area contributed by atoms with E-state index in [0.29, 0.717) is 0 Å². The fraction of sp³-hybridized carbons (Fsp3) is 0.625. The second kappa shape index (κ2) is 6.49. The number of benzene rings is 1. The molecule has 2 rings (SSSR count). The van der Waals surface area contributed by atoms with E-state index in [4.69, 9.17) is 5.73 Å².